The number of hydrogen-bond donors (Lipinski definition) is 1. The highest BCUT2D eigenvalue weighted by molar-refractivity contribution is 5.90. The third-order valence-electron chi connectivity index (χ3n) is 6.02. The van der Waals surface area contributed by atoms with Gasteiger partial charge in [-0.2, -0.15) is 0 Å². The molecular formula is C22H22F2N4O5. The average molecular weight is 460 g/mol. The molecule has 174 valence electrons. The Morgan fingerprint density at radius 3 is 2.58 bits per heavy atom. The van der Waals surface area contributed by atoms with Crippen LogP contribution in [0, 0.1) is 28.7 Å². The largest absolute Gasteiger partial charge is 0.441 e. The van der Waals surface area contributed by atoms with Crippen LogP contribution < -0.4 is 5.32 Å². The zero-order valence-corrected chi connectivity index (χ0v) is 17.8. The average Bonchev–Trinajstić information content (AvgIpc) is 3.06. The van der Waals surface area contributed by atoms with Crippen LogP contribution in [-0.4, -0.2) is 52.1 Å². The molecule has 2 heterocycles. The number of hydrogen-bond acceptors (Lipinski definition) is 5. The lowest BCUT2D eigenvalue weighted by molar-refractivity contribution is -0.385. The predicted molar refractivity (Wildman–Crippen MR) is 114 cm³/mol. The maximum Gasteiger partial charge on any atom is 0.410 e. The second kappa shape index (κ2) is 8.64. The molecule has 1 spiro atoms. The zero-order valence-electron chi connectivity index (χ0n) is 17.8. The molecule has 0 saturated carbocycles. The number of rotatable bonds is 4. The number of carbonyl (C=O) groups excluding carboxylic acids is 2. The highest BCUT2D eigenvalue weighted by Crippen LogP contribution is 2.34. The van der Waals surface area contributed by atoms with E-state index in [9.17, 15) is 28.5 Å². The van der Waals surface area contributed by atoms with Crippen molar-refractivity contribution in [3.8, 4) is 0 Å². The summed E-state index contributed by atoms with van der Waals surface area (Å²) in [7, 11) is 0. The minimum Gasteiger partial charge on any atom is -0.441 e. The number of amides is 3. The molecule has 1 N–H and O–H groups in total. The van der Waals surface area contributed by atoms with Gasteiger partial charge in [-0.25, -0.2) is 18.4 Å². The first-order valence-electron chi connectivity index (χ1n) is 10.4. The lowest BCUT2D eigenvalue weighted by Crippen LogP contribution is -2.49. The van der Waals surface area contributed by atoms with Crippen LogP contribution in [0.2, 0.25) is 0 Å². The molecule has 0 bridgehead atoms. The van der Waals surface area contributed by atoms with E-state index in [-0.39, 0.29) is 18.8 Å². The van der Waals surface area contributed by atoms with Gasteiger partial charge in [-0.05, 0) is 30.7 Å². The molecule has 11 heteroatoms. The monoisotopic (exact) mass is 460 g/mol. The van der Waals surface area contributed by atoms with Crippen molar-refractivity contribution in [1.29, 1.82) is 0 Å². The van der Waals surface area contributed by atoms with Crippen LogP contribution in [0.4, 0.5) is 29.7 Å². The minimum atomic E-state index is -0.979. The van der Waals surface area contributed by atoms with Crippen LogP contribution in [0.15, 0.2) is 36.4 Å². The van der Waals surface area contributed by atoms with Gasteiger partial charge in [0.05, 0.1) is 11.5 Å². The minimum absolute atomic E-state index is 0.0793. The van der Waals surface area contributed by atoms with Crippen LogP contribution in [-0.2, 0) is 11.3 Å². The number of anilines is 1. The summed E-state index contributed by atoms with van der Waals surface area (Å²) in [5.74, 6) is -1.93. The number of nitrogens with one attached hydrogen (secondary N) is 1. The van der Waals surface area contributed by atoms with E-state index < -0.39 is 34.3 Å². The molecule has 0 unspecified atom stereocenters. The summed E-state index contributed by atoms with van der Waals surface area (Å²) in [4.78, 5) is 38.6. The molecule has 0 aromatic heterocycles. The standard InChI is InChI=1S/C22H22F2N4O5/c1-14-2-4-16(11-19(14)28(31)32)25-20(29)26-8-6-22(7-9-26)13-27(21(30)33-22)12-15-3-5-17(23)18(24)10-15/h2-5,10-11H,6-9,12-13H2,1H3,(H,25,29). The fourth-order valence-corrected chi connectivity index (χ4v) is 4.14. The number of aryl methyl sites for hydroxylation is 1. The molecule has 9 nitrogen and oxygen atoms in total. The van der Waals surface area contributed by atoms with Gasteiger partial charge in [0, 0.05) is 49.8 Å². The molecule has 2 saturated heterocycles. The summed E-state index contributed by atoms with van der Waals surface area (Å²) in [6.45, 7) is 2.64. The molecule has 2 aliphatic heterocycles. The van der Waals surface area contributed by atoms with E-state index in [1.165, 1.54) is 17.0 Å². The van der Waals surface area contributed by atoms with Gasteiger partial charge in [-0.15, -0.1) is 0 Å². The fourth-order valence-electron chi connectivity index (χ4n) is 4.14. The van der Waals surface area contributed by atoms with E-state index in [0.29, 0.717) is 42.7 Å². The van der Waals surface area contributed by atoms with Gasteiger partial charge in [0.15, 0.2) is 11.6 Å². The second-order valence-electron chi connectivity index (χ2n) is 8.33. The number of carbonyl (C=O) groups is 2. The number of ether oxygens (including phenoxy) is 1. The van der Waals surface area contributed by atoms with Crippen LogP contribution in [0.5, 0.6) is 0 Å². The van der Waals surface area contributed by atoms with Crippen LogP contribution >= 0.6 is 0 Å². The Labute approximate surface area is 188 Å². The van der Waals surface area contributed by atoms with E-state index in [2.05, 4.69) is 5.32 Å². The lowest BCUT2D eigenvalue weighted by atomic mass is 9.91. The molecule has 0 atom stereocenters. The molecule has 2 fully saturated rings. The Morgan fingerprint density at radius 2 is 1.91 bits per heavy atom. The third kappa shape index (κ3) is 4.71. The van der Waals surface area contributed by atoms with Gasteiger partial charge in [0.25, 0.3) is 5.69 Å². The van der Waals surface area contributed by atoms with Crippen molar-refractivity contribution >= 4 is 23.5 Å². The highest BCUT2D eigenvalue weighted by atomic mass is 19.2. The van der Waals surface area contributed by atoms with Gasteiger partial charge in [-0.3, -0.25) is 15.0 Å². The molecule has 2 aliphatic rings. The summed E-state index contributed by atoms with van der Waals surface area (Å²) in [6, 6.07) is 7.56. The van der Waals surface area contributed by atoms with Gasteiger partial charge in [0.1, 0.15) is 5.60 Å². The normalized spacial score (nSPS) is 17.2. The van der Waals surface area contributed by atoms with Gasteiger partial charge < -0.3 is 15.0 Å². The molecule has 2 aromatic rings. The number of benzene rings is 2. The summed E-state index contributed by atoms with van der Waals surface area (Å²) in [5.41, 5.74) is 0.433. The number of piperidine rings is 1. The predicted octanol–water partition coefficient (Wildman–Crippen LogP) is 4.20. The van der Waals surface area contributed by atoms with Crippen molar-refractivity contribution in [3.63, 3.8) is 0 Å². The smallest absolute Gasteiger partial charge is 0.410 e. The Hall–Kier alpha value is -3.76. The van der Waals surface area contributed by atoms with Gasteiger partial charge >= 0.3 is 12.1 Å². The molecule has 0 aliphatic carbocycles. The second-order valence-corrected chi connectivity index (χ2v) is 8.33. The summed E-state index contributed by atoms with van der Waals surface area (Å²) >= 11 is 0. The first-order chi connectivity index (χ1) is 15.7. The molecule has 3 amide bonds. The van der Waals surface area contributed by atoms with Gasteiger partial charge in [-0.1, -0.05) is 12.1 Å². The topological polar surface area (TPSA) is 105 Å². The van der Waals surface area contributed by atoms with E-state index in [0.717, 1.165) is 12.1 Å². The number of nitrogens with zero attached hydrogens (tertiary/aromatic N) is 3. The SMILES string of the molecule is Cc1ccc(NC(=O)N2CCC3(CC2)CN(Cc2ccc(F)c(F)c2)C(=O)O3)cc1[N+](=O)[O-]. The van der Waals surface area contributed by atoms with Crippen molar-refractivity contribution in [1.82, 2.24) is 9.80 Å². The Balaban J connectivity index is 1.35. The molecule has 2 aromatic carbocycles. The van der Waals surface area contributed by atoms with E-state index >= 15 is 0 Å². The third-order valence-corrected chi connectivity index (χ3v) is 6.02. The summed E-state index contributed by atoms with van der Waals surface area (Å²) in [5, 5.41) is 13.8. The first kappa shape index (κ1) is 22.4. The van der Waals surface area contributed by atoms with Crippen molar-refractivity contribution < 1.29 is 28.0 Å². The fraction of sp³-hybridized carbons (Fsp3) is 0.364. The lowest BCUT2D eigenvalue weighted by Gasteiger charge is -2.37. The molecule has 4 rings (SSSR count). The number of halogens is 2. The van der Waals surface area contributed by atoms with Crippen LogP contribution in [0.3, 0.4) is 0 Å². The molecule has 33 heavy (non-hydrogen) atoms. The number of nitro groups is 1. The Kier molecular flexibility index (Phi) is 5.88. The van der Waals surface area contributed by atoms with Crippen LogP contribution in [0.1, 0.15) is 24.0 Å². The van der Waals surface area contributed by atoms with Crippen molar-refractivity contribution in [2.24, 2.45) is 0 Å². The zero-order chi connectivity index (χ0) is 23.8. The van der Waals surface area contributed by atoms with E-state index in [1.54, 1.807) is 24.0 Å². The van der Waals surface area contributed by atoms with E-state index in [1.807, 2.05) is 0 Å². The number of likely N-dealkylation sites (tertiary alicyclic amines) is 1. The Morgan fingerprint density at radius 1 is 1.18 bits per heavy atom. The molecular weight excluding hydrogens is 438 g/mol. The number of urea groups is 1. The van der Waals surface area contributed by atoms with Crippen molar-refractivity contribution in [2.75, 3.05) is 25.0 Å². The maximum atomic E-state index is 13.5. The van der Waals surface area contributed by atoms with Crippen LogP contribution in [0.25, 0.3) is 0 Å². The quantitative estimate of drug-likeness (QED) is 0.544. The number of nitro benzene ring substituents is 1. The summed E-state index contributed by atoms with van der Waals surface area (Å²) < 4.78 is 32.2. The Bertz CT molecular complexity index is 1120. The van der Waals surface area contributed by atoms with Gasteiger partial charge in [0.2, 0.25) is 0 Å². The summed E-state index contributed by atoms with van der Waals surface area (Å²) in [6.07, 6.45) is 0.285. The maximum absolute atomic E-state index is 13.5. The first-order valence-corrected chi connectivity index (χ1v) is 10.4. The molecule has 0 radical (unpaired) electrons. The van der Waals surface area contributed by atoms with E-state index in [4.69, 9.17) is 4.74 Å². The van der Waals surface area contributed by atoms with Crippen molar-refractivity contribution in [2.45, 2.75) is 31.9 Å². The highest BCUT2D eigenvalue weighted by Gasteiger charge is 2.47. The van der Waals surface area contributed by atoms with Crippen molar-refractivity contribution in [3.05, 3.63) is 69.3 Å².